The van der Waals surface area contributed by atoms with Gasteiger partial charge in [-0.3, -0.25) is 0 Å². The third-order valence-corrected chi connectivity index (χ3v) is 2.74. The van der Waals surface area contributed by atoms with Crippen LogP contribution in [0.15, 0.2) is 18.3 Å². The Kier molecular flexibility index (Phi) is 4.30. The van der Waals surface area contributed by atoms with E-state index in [0.717, 1.165) is 12.1 Å². The summed E-state index contributed by atoms with van der Waals surface area (Å²) in [5.74, 6) is 0.676. The van der Waals surface area contributed by atoms with Gasteiger partial charge in [-0.25, -0.2) is 4.98 Å². The van der Waals surface area contributed by atoms with Crippen LogP contribution in [0.3, 0.4) is 0 Å². The number of hydrogen-bond acceptors (Lipinski definition) is 3. The molecule has 0 amide bonds. The average molecular weight is 217 g/mol. The minimum absolute atomic E-state index is 0.467. The van der Waals surface area contributed by atoms with E-state index in [-0.39, 0.29) is 0 Å². The Morgan fingerprint density at radius 2 is 2.12 bits per heavy atom. The molecule has 0 saturated carbocycles. The van der Waals surface area contributed by atoms with Gasteiger partial charge in [0.05, 0.1) is 0 Å². The Bertz CT molecular complexity index is 379. The molecule has 0 bridgehead atoms. The van der Waals surface area contributed by atoms with Crippen molar-refractivity contribution in [1.82, 2.24) is 4.98 Å². The molecule has 86 valence electrons. The zero-order valence-electron chi connectivity index (χ0n) is 10.4. The molecule has 0 radical (unpaired) electrons. The highest BCUT2D eigenvalue weighted by atomic mass is 15.1. The van der Waals surface area contributed by atoms with E-state index >= 15 is 0 Å². The molecular formula is C13H19N3. The molecule has 0 saturated heterocycles. The lowest BCUT2D eigenvalue weighted by atomic mass is 10.0. The first-order chi connectivity index (χ1) is 7.54. The smallest absolute Gasteiger partial charge is 0.142 e. The first-order valence-electron chi connectivity index (χ1n) is 5.63. The minimum atomic E-state index is 0.467. The van der Waals surface area contributed by atoms with Crippen molar-refractivity contribution in [3.63, 3.8) is 0 Å². The summed E-state index contributed by atoms with van der Waals surface area (Å²) in [6.45, 7) is 6.64. The molecule has 1 aromatic heterocycles. The molecule has 0 spiro atoms. The van der Waals surface area contributed by atoms with Crippen molar-refractivity contribution in [1.29, 1.82) is 5.26 Å². The summed E-state index contributed by atoms with van der Waals surface area (Å²) >= 11 is 0. The van der Waals surface area contributed by atoms with E-state index in [2.05, 4.69) is 43.8 Å². The van der Waals surface area contributed by atoms with E-state index in [1.165, 1.54) is 0 Å². The maximum Gasteiger partial charge on any atom is 0.142 e. The van der Waals surface area contributed by atoms with Gasteiger partial charge in [-0.05, 0) is 31.4 Å². The molecule has 3 nitrogen and oxygen atoms in total. The molecular weight excluding hydrogens is 198 g/mol. The SMILES string of the molecule is CC(C)CC(C)N(C)c1ccnc(C#N)c1. The van der Waals surface area contributed by atoms with Gasteiger partial charge in [0.2, 0.25) is 0 Å². The number of nitriles is 1. The highest BCUT2D eigenvalue weighted by Gasteiger charge is 2.12. The largest absolute Gasteiger partial charge is 0.372 e. The van der Waals surface area contributed by atoms with Crippen molar-refractivity contribution < 1.29 is 0 Å². The first-order valence-corrected chi connectivity index (χ1v) is 5.63. The summed E-state index contributed by atoms with van der Waals surface area (Å²) in [5.41, 5.74) is 1.53. The molecule has 0 fully saturated rings. The number of anilines is 1. The molecule has 0 N–H and O–H groups in total. The average Bonchev–Trinajstić information content (AvgIpc) is 2.27. The normalized spacial score (nSPS) is 12.2. The molecule has 0 aliphatic rings. The number of hydrogen-bond donors (Lipinski definition) is 0. The summed E-state index contributed by atoms with van der Waals surface area (Å²) in [5, 5.41) is 8.80. The van der Waals surface area contributed by atoms with Crippen molar-refractivity contribution in [3.8, 4) is 6.07 Å². The highest BCUT2D eigenvalue weighted by Crippen LogP contribution is 2.18. The predicted molar refractivity (Wildman–Crippen MR) is 66.3 cm³/mol. The third kappa shape index (κ3) is 3.23. The quantitative estimate of drug-likeness (QED) is 0.778. The molecule has 1 rings (SSSR count). The van der Waals surface area contributed by atoms with Gasteiger partial charge in [-0.15, -0.1) is 0 Å². The van der Waals surface area contributed by atoms with Gasteiger partial charge in [-0.2, -0.15) is 5.26 Å². The molecule has 0 aliphatic heterocycles. The van der Waals surface area contributed by atoms with E-state index in [4.69, 9.17) is 5.26 Å². The van der Waals surface area contributed by atoms with E-state index in [1.54, 1.807) is 6.20 Å². The Morgan fingerprint density at radius 3 is 2.69 bits per heavy atom. The Labute approximate surface area is 97.7 Å². The summed E-state index contributed by atoms with van der Waals surface area (Å²) < 4.78 is 0. The number of aromatic nitrogens is 1. The van der Waals surface area contributed by atoms with Crippen molar-refractivity contribution in [3.05, 3.63) is 24.0 Å². The van der Waals surface area contributed by atoms with Crippen molar-refractivity contribution in [2.75, 3.05) is 11.9 Å². The van der Waals surface area contributed by atoms with Crippen molar-refractivity contribution in [2.24, 2.45) is 5.92 Å². The highest BCUT2D eigenvalue weighted by molar-refractivity contribution is 5.48. The zero-order valence-corrected chi connectivity index (χ0v) is 10.4. The van der Waals surface area contributed by atoms with Crippen LogP contribution in [0.5, 0.6) is 0 Å². The van der Waals surface area contributed by atoms with Crippen LogP contribution in [0.2, 0.25) is 0 Å². The molecule has 16 heavy (non-hydrogen) atoms. The minimum Gasteiger partial charge on any atom is -0.372 e. The van der Waals surface area contributed by atoms with Gasteiger partial charge in [0.25, 0.3) is 0 Å². The number of nitrogens with zero attached hydrogens (tertiary/aromatic N) is 3. The van der Waals surface area contributed by atoms with Gasteiger partial charge in [-0.1, -0.05) is 13.8 Å². The molecule has 1 unspecified atom stereocenters. The van der Waals surface area contributed by atoms with Crippen LogP contribution >= 0.6 is 0 Å². The van der Waals surface area contributed by atoms with E-state index in [9.17, 15) is 0 Å². The summed E-state index contributed by atoms with van der Waals surface area (Å²) in [6.07, 6.45) is 2.83. The van der Waals surface area contributed by atoms with Gasteiger partial charge in [0, 0.05) is 25.0 Å². The van der Waals surface area contributed by atoms with Crippen LogP contribution in [0.1, 0.15) is 32.9 Å². The van der Waals surface area contributed by atoms with Gasteiger partial charge < -0.3 is 4.90 Å². The number of pyridine rings is 1. The molecule has 1 atom stereocenters. The fourth-order valence-corrected chi connectivity index (χ4v) is 1.79. The van der Waals surface area contributed by atoms with Crippen LogP contribution in [0.4, 0.5) is 5.69 Å². The Morgan fingerprint density at radius 1 is 1.44 bits per heavy atom. The zero-order chi connectivity index (χ0) is 12.1. The maximum absolute atomic E-state index is 8.80. The van der Waals surface area contributed by atoms with Gasteiger partial charge in [0.15, 0.2) is 0 Å². The van der Waals surface area contributed by atoms with Crippen LogP contribution in [-0.4, -0.2) is 18.1 Å². The molecule has 1 heterocycles. The van der Waals surface area contributed by atoms with Crippen molar-refractivity contribution in [2.45, 2.75) is 33.2 Å². The molecule has 3 heteroatoms. The third-order valence-electron chi connectivity index (χ3n) is 2.74. The topological polar surface area (TPSA) is 39.9 Å². The Hall–Kier alpha value is -1.56. The molecule has 0 aliphatic carbocycles. The fraction of sp³-hybridized carbons (Fsp3) is 0.538. The lowest BCUT2D eigenvalue weighted by molar-refractivity contribution is 0.504. The van der Waals surface area contributed by atoms with Crippen LogP contribution in [0.25, 0.3) is 0 Å². The van der Waals surface area contributed by atoms with E-state index in [0.29, 0.717) is 17.7 Å². The first kappa shape index (κ1) is 12.5. The van der Waals surface area contributed by atoms with Crippen LogP contribution in [0, 0.1) is 17.2 Å². The lowest BCUT2D eigenvalue weighted by Gasteiger charge is -2.28. The standard InChI is InChI=1S/C13H19N3/c1-10(2)7-11(3)16(4)13-5-6-15-12(8-13)9-14/h5-6,8,10-11H,7H2,1-4H3. The van der Waals surface area contributed by atoms with E-state index < -0.39 is 0 Å². The summed E-state index contributed by atoms with van der Waals surface area (Å²) in [4.78, 5) is 6.17. The van der Waals surface area contributed by atoms with Gasteiger partial charge >= 0.3 is 0 Å². The monoisotopic (exact) mass is 217 g/mol. The van der Waals surface area contributed by atoms with Crippen LogP contribution in [-0.2, 0) is 0 Å². The van der Waals surface area contributed by atoms with E-state index in [1.807, 2.05) is 12.1 Å². The second-order valence-corrected chi connectivity index (χ2v) is 4.60. The lowest BCUT2D eigenvalue weighted by Crippen LogP contribution is -2.30. The maximum atomic E-state index is 8.80. The Balaban J connectivity index is 2.79. The summed E-state index contributed by atoms with van der Waals surface area (Å²) in [6, 6.07) is 6.30. The fourth-order valence-electron chi connectivity index (χ4n) is 1.79. The second-order valence-electron chi connectivity index (χ2n) is 4.60. The van der Waals surface area contributed by atoms with Crippen LogP contribution < -0.4 is 4.90 Å². The predicted octanol–water partition coefficient (Wildman–Crippen LogP) is 2.82. The van der Waals surface area contributed by atoms with Crippen molar-refractivity contribution >= 4 is 5.69 Å². The number of rotatable bonds is 4. The second kappa shape index (κ2) is 5.50. The van der Waals surface area contributed by atoms with Gasteiger partial charge in [0.1, 0.15) is 11.8 Å². The summed E-state index contributed by atoms with van der Waals surface area (Å²) in [7, 11) is 2.06. The molecule has 0 aromatic carbocycles. The molecule has 1 aromatic rings.